The maximum absolute atomic E-state index is 12.5. The molecule has 2 atom stereocenters. The zero-order chi connectivity index (χ0) is 18.4. The molecule has 1 heterocycles. The summed E-state index contributed by atoms with van der Waals surface area (Å²) in [6.07, 6.45) is 0. The van der Waals surface area contributed by atoms with E-state index in [0.717, 1.165) is 0 Å². The van der Waals surface area contributed by atoms with Gasteiger partial charge in [0.2, 0.25) is 0 Å². The standard InChI is InChI=1S/C17H23F2N3O3.HI/c1-11-9-22(10-13(11)15(23)24-3)17(20-2)21-8-12-6-4-5-7-14(12)25-16(18)19;/h4-7,11,13,16H,8-10H2,1-3H3,(H,20,21);1H. The number of nitrogens with one attached hydrogen (secondary N) is 1. The largest absolute Gasteiger partial charge is 0.469 e. The van der Waals surface area contributed by atoms with Gasteiger partial charge in [0, 0.05) is 32.2 Å². The normalized spacial score (nSPS) is 19.9. The number of aliphatic imine (C=N–C) groups is 1. The van der Waals surface area contributed by atoms with Crippen LogP contribution in [0.25, 0.3) is 0 Å². The predicted octanol–water partition coefficient (Wildman–Crippen LogP) is 2.72. The van der Waals surface area contributed by atoms with Crippen LogP contribution in [0.1, 0.15) is 12.5 Å². The van der Waals surface area contributed by atoms with Crippen molar-refractivity contribution < 1.29 is 23.0 Å². The molecule has 0 bridgehead atoms. The fraction of sp³-hybridized carbons (Fsp3) is 0.529. The van der Waals surface area contributed by atoms with Gasteiger partial charge in [-0.25, -0.2) is 0 Å². The number of carbonyl (C=O) groups excluding carboxylic acids is 1. The summed E-state index contributed by atoms with van der Waals surface area (Å²) in [4.78, 5) is 18.0. The Morgan fingerprint density at radius 3 is 2.69 bits per heavy atom. The summed E-state index contributed by atoms with van der Waals surface area (Å²) in [6, 6.07) is 6.60. The van der Waals surface area contributed by atoms with Crippen molar-refractivity contribution >= 4 is 35.9 Å². The molecule has 1 aliphatic rings. The third-order valence-corrected chi connectivity index (χ3v) is 4.25. The molecule has 1 aromatic carbocycles. The van der Waals surface area contributed by atoms with Crippen LogP contribution in [-0.4, -0.2) is 50.7 Å². The molecule has 1 aromatic rings. The highest BCUT2D eigenvalue weighted by Gasteiger charge is 2.36. The zero-order valence-electron chi connectivity index (χ0n) is 14.9. The van der Waals surface area contributed by atoms with Gasteiger partial charge in [-0.1, -0.05) is 25.1 Å². The van der Waals surface area contributed by atoms with Crippen molar-refractivity contribution in [1.82, 2.24) is 10.2 Å². The molecule has 1 aliphatic heterocycles. The highest BCUT2D eigenvalue weighted by Crippen LogP contribution is 2.24. The second-order valence-electron chi connectivity index (χ2n) is 5.90. The van der Waals surface area contributed by atoms with Crippen molar-refractivity contribution in [2.75, 3.05) is 27.2 Å². The second-order valence-corrected chi connectivity index (χ2v) is 5.90. The molecule has 2 unspecified atom stereocenters. The van der Waals surface area contributed by atoms with Crippen molar-refractivity contribution in [2.45, 2.75) is 20.1 Å². The smallest absolute Gasteiger partial charge is 0.387 e. The number of alkyl halides is 2. The molecule has 0 aromatic heterocycles. The van der Waals surface area contributed by atoms with Crippen LogP contribution in [0.3, 0.4) is 0 Å². The Labute approximate surface area is 169 Å². The summed E-state index contributed by atoms with van der Waals surface area (Å²) in [7, 11) is 3.02. The first-order valence-electron chi connectivity index (χ1n) is 8.02. The summed E-state index contributed by atoms with van der Waals surface area (Å²) >= 11 is 0. The number of hydrogen-bond donors (Lipinski definition) is 1. The van der Waals surface area contributed by atoms with Gasteiger partial charge in [0.1, 0.15) is 5.75 Å². The molecule has 26 heavy (non-hydrogen) atoms. The Morgan fingerprint density at radius 1 is 1.38 bits per heavy atom. The predicted molar refractivity (Wildman–Crippen MR) is 105 cm³/mol. The molecule has 1 N–H and O–H groups in total. The van der Waals surface area contributed by atoms with Crippen LogP contribution in [0.5, 0.6) is 5.75 Å². The zero-order valence-corrected chi connectivity index (χ0v) is 17.3. The van der Waals surface area contributed by atoms with Gasteiger partial charge in [0.25, 0.3) is 0 Å². The van der Waals surface area contributed by atoms with Crippen molar-refractivity contribution in [3.8, 4) is 5.75 Å². The number of nitrogens with zero attached hydrogens (tertiary/aromatic N) is 2. The van der Waals surface area contributed by atoms with Gasteiger partial charge >= 0.3 is 12.6 Å². The van der Waals surface area contributed by atoms with Gasteiger partial charge in [-0.15, -0.1) is 24.0 Å². The van der Waals surface area contributed by atoms with Crippen LogP contribution in [0, 0.1) is 11.8 Å². The number of halogens is 3. The van der Waals surface area contributed by atoms with E-state index in [1.807, 2.05) is 11.8 Å². The van der Waals surface area contributed by atoms with Crippen LogP contribution in [0.15, 0.2) is 29.3 Å². The summed E-state index contributed by atoms with van der Waals surface area (Å²) < 4.78 is 34.3. The summed E-state index contributed by atoms with van der Waals surface area (Å²) in [6.45, 7) is 0.557. The molecule has 146 valence electrons. The monoisotopic (exact) mass is 483 g/mol. The molecule has 2 rings (SSSR count). The number of guanidine groups is 1. The van der Waals surface area contributed by atoms with E-state index in [-0.39, 0.29) is 54.1 Å². The lowest BCUT2D eigenvalue weighted by Crippen LogP contribution is -2.40. The number of hydrogen-bond acceptors (Lipinski definition) is 4. The molecule has 0 amide bonds. The SMILES string of the molecule is CN=C(NCc1ccccc1OC(F)F)N1CC(C)C(C(=O)OC)C1.I. The molecule has 1 fully saturated rings. The van der Waals surface area contributed by atoms with Gasteiger partial charge in [-0.05, 0) is 12.0 Å². The van der Waals surface area contributed by atoms with Crippen molar-refractivity contribution in [1.29, 1.82) is 0 Å². The summed E-state index contributed by atoms with van der Waals surface area (Å²) in [5.74, 6) is 0.423. The lowest BCUT2D eigenvalue weighted by atomic mass is 9.99. The van der Waals surface area contributed by atoms with Crippen molar-refractivity contribution in [3.05, 3.63) is 29.8 Å². The number of methoxy groups -OCH3 is 1. The molecule has 6 nitrogen and oxygen atoms in total. The number of esters is 1. The number of ether oxygens (including phenoxy) is 2. The maximum atomic E-state index is 12.5. The third kappa shape index (κ3) is 5.68. The molecular formula is C17H24F2IN3O3. The van der Waals surface area contributed by atoms with Crippen LogP contribution in [0.4, 0.5) is 8.78 Å². The Balaban J connectivity index is 0.00000338. The topological polar surface area (TPSA) is 63.2 Å². The second kappa shape index (κ2) is 10.5. The molecular weight excluding hydrogens is 459 g/mol. The summed E-state index contributed by atoms with van der Waals surface area (Å²) in [5.41, 5.74) is 0.598. The van der Waals surface area contributed by atoms with Gasteiger partial charge in [-0.3, -0.25) is 9.79 Å². The molecule has 0 aliphatic carbocycles. The molecule has 0 saturated carbocycles. The minimum absolute atomic E-state index is 0. The molecule has 1 saturated heterocycles. The highest BCUT2D eigenvalue weighted by atomic mass is 127. The number of para-hydroxylation sites is 1. The van der Waals surface area contributed by atoms with Gasteiger partial charge < -0.3 is 19.7 Å². The van der Waals surface area contributed by atoms with Gasteiger partial charge in [0.05, 0.1) is 13.0 Å². The Morgan fingerprint density at radius 2 is 2.08 bits per heavy atom. The van der Waals surface area contributed by atoms with E-state index in [1.165, 1.54) is 13.2 Å². The highest BCUT2D eigenvalue weighted by molar-refractivity contribution is 14.0. The van der Waals surface area contributed by atoms with Crippen LogP contribution in [-0.2, 0) is 16.1 Å². The number of rotatable bonds is 5. The number of likely N-dealkylation sites (tertiary alicyclic amines) is 1. The Bertz CT molecular complexity index is 631. The van der Waals surface area contributed by atoms with Crippen LogP contribution < -0.4 is 10.1 Å². The first-order chi connectivity index (χ1) is 12.0. The fourth-order valence-corrected chi connectivity index (χ4v) is 2.97. The average Bonchev–Trinajstić information content (AvgIpc) is 2.97. The summed E-state index contributed by atoms with van der Waals surface area (Å²) in [5, 5.41) is 3.14. The number of carbonyl (C=O) groups is 1. The van der Waals surface area contributed by atoms with E-state index in [4.69, 9.17) is 4.74 Å². The van der Waals surface area contributed by atoms with Crippen LogP contribution in [0.2, 0.25) is 0 Å². The van der Waals surface area contributed by atoms with Crippen LogP contribution >= 0.6 is 24.0 Å². The Hall–Kier alpha value is -1.65. The quantitative estimate of drug-likeness (QED) is 0.302. The lowest BCUT2D eigenvalue weighted by Gasteiger charge is -2.22. The third-order valence-electron chi connectivity index (χ3n) is 4.25. The minimum Gasteiger partial charge on any atom is -0.469 e. The lowest BCUT2D eigenvalue weighted by molar-refractivity contribution is -0.145. The van der Waals surface area contributed by atoms with E-state index < -0.39 is 6.61 Å². The van der Waals surface area contributed by atoms with E-state index >= 15 is 0 Å². The maximum Gasteiger partial charge on any atom is 0.387 e. The van der Waals surface area contributed by atoms with E-state index in [0.29, 0.717) is 24.6 Å². The first-order valence-corrected chi connectivity index (χ1v) is 8.02. The first kappa shape index (κ1) is 22.4. The average molecular weight is 483 g/mol. The molecule has 0 radical (unpaired) electrons. The van der Waals surface area contributed by atoms with Crippen molar-refractivity contribution in [3.63, 3.8) is 0 Å². The van der Waals surface area contributed by atoms with Gasteiger partial charge in [0.15, 0.2) is 5.96 Å². The van der Waals surface area contributed by atoms with E-state index in [9.17, 15) is 13.6 Å². The Kier molecular flexibility index (Phi) is 9.03. The number of benzene rings is 1. The fourth-order valence-electron chi connectivity index (χ4n) is 2.97. The van der Waals surface area contributed by atoms with E-state index in [1.54, 1.807) is 25.2 Å². The molecule has 0 spiro atoms. The molecule has 9 heteroatoms. The van der Waals surface area contributed by atoms with Gasteiger partial charge in [-0.2, -0.15) is 8.78 Å². The van der Waals surface area contributed by atoms with Crippen molar-refractivity contribution in [2.24, 2.45) is 16.8 Å². The van der Waals surface area contributed by atoms with E-state index in [2.05, 4.69) is 15.0 Å². The minimum atomic E-state index is -2.87.